The van der Waals surface area contributed by atoms with E-state index in [1.807, 2.05) is 53.1 Å². The lowest BCUT2D eigenvalue weighted by molar-refractivity contribution is 0.414. The number of methoxy groups -OCH3 is 1. The van der Waals surface area contributed by atoms with Gasteiger partial charge in [-0.2, -0.15) is 0 Å². The molecule has 0 radical (unpaired) electrons. The second kappa shape index (κ2) is 8.90. The number of unbranched alkanes of at least 4 members (excludes halogenated alkanes) is 2. The Morgan fingerprint density at radius 3 is 2.58 bits per heavy atom. The molecular formula is C21H24N2O2S. The van der Waals surface area contributed by atoms with Gasteiger partial charge in [0.05, 0.1) is 18.0 Å². The van der Waals surface area contributed by atoms with Gasteiger partial charge in [-0.1, -0.05) is 55.8 Å². The van der Waals surface area contributed by atoms with Crippen LogP contribution in [0.25, 0.3) is 10.9 Å². The van der Waals surface area contributed by atoms with Gasteiger partial charge in [0.1, 0.15) is 5.75 Å². The third kappa shape index (κ3) is 4.28. The molecule has 0 aliphatic heterocycles. The summed E-state index contributed by atoms with van der Waals surface area (Å²) in [4.78, 5) is 17.7. The van der Waals surface area contributed by atoms with Crippen molar-refractivity contribution >= 4 is 22.7 Å². The summed E-state index contributed by atoms with van der Waals surface area (Å²) in [7, 11) is 1.66. The standard InChI is InChI=1S/C21H24N2O2S/c1-3-4-7-14-23-20(24)18-8-5-6-9-19(18)22-21(23)26-15-16-10-12-17(25-2)13-11-16/h5-6,8-13H,3-4,7,14-15H2,1-2H3. The number of nitrogens with zero attached hydrogens (tertiary/aromatic N) is 2. The number of fused-ring (bicyclic) bond motifs is 1. The molecule has 1 heterocycles. The van der Waals surface area contributed by atoms with Gasteiger partial charge in [0.15, 0.2) is 5.16 Å². The lowest BCUT2D eigenvalue weighted by Gasteiger charge is -2.13. The van der Waals surface area contributed by atoms with Crippen molar-refractivity contribution in [1.29, 1.82) is 0 Å². The van der Waals surface area contributed by atoms with Crippen LogP contribution in [0, 0.1) is 0 Å². The van der Waals surface area contributed by atoms with Gasteiger partial charge in [-0.25, -0.2) is 4.98 Å². The first-order valence-corrected chi connectivity index (χ1v) is 9.96. The Labute approximate surface area is 158 Å². The van der Waals surface area contributed by atoms with Gasteiger partial charge in [0.2, 0.25) is 0 Å². The maximum Gasteiger partial charge on any atom is 0.262 e. The Bertz CT molecular complexity index is 919. The van der Waals surface area contributed by atoms with Gasteiger partial charge < -0.3 is 4.74 Å². The van der Waals surface area contributed by atoms with E-state index in [4.69, 9.17) is 9.72 Å². The molecule has 0 unspecified atom stereocenters. The normalized spacial score (nSPS) is 11.0. The van der Waals surface area contributed by atoms with E-state index in [0.29, 0.717) is 5.39 Å². The van der Waals surface area contributed by atoms with E-state index in [9.17, 15) is 4.79 Å². The van der Waals surface area contributed by atoms with Crippen molar-refractivity contribution in [3.8, 4) is 5.75 Å². The van der Waals surface area contributed by atoms with Gasteiger partial charge in [0.25, 0.3) is 5.56 Å². The molecule has 0 saturated carbocycles. The van der Waals surface area contributed by atoms with Crippen molar-refractivity contribution in [2.45, 2.75) is 43.6 Å². The van der Waals surface area contributed by atoms with Crippen LogP contribution in [0.15, 0.2) is 58.5 Å². The molecule has 0 bridgehead atoms. The molecule has 0 N–H and O–H groups in total. The van der Waals surface area contributed by atoms with Gasteiger partial charge in [-0.3, -0.25) is 9.36 Å². The zero-order valence-corrected chi connectivity index (χ0v) is 16.1. The first-order valence-electron chi connectivity index (χ1n) is 8.98. The molecule has 0 amide bonds. The Morgan fingerprint density at radius 1 is 1.08 bits per heavy atom. The van der Waals surface area contributed by atoms with Crippen molar-refractivity contribution in [1.82, 2.24) is 9.55 Å². The monoisotopic (exact) mass is 368 g/mol. The van der Waals surface area contributed by atoms with Crippen molar-refractivity contribution in [2.24, 2.45) is 0 Å². The molecule has 4 nitrogen and oxygen atoms in total. The number of para-hydroxylation sites is 1. The maximum atomic E-state index is 12.9. The Kier molecular flexibility index (Phi) is 6.34. The largest absolute Gasteiger partial charge is 0.497 e. The second-order valence-electron chi connectivity index (χ2n) is 6.21. The average molecular weight is 369 g/mol. The van der Waals surface area contributed by atoms with Crippen LogP contribution in [-0.2, 0) is 12.3 Å². The molecule has 0 atom stereocenters. The minimum Gasteiger partial charge on any atom is -0.497 e. The van der Waals surface area contributed by atoms with Crippen LogP contribution in [0.4, 0.5) is 0 Å². The molecule has 0 spiro atoms. The summed E-state index contributed by atoms with van der Waals surface area (Å²) in [5.41, 5.74) is 2.00. The maximum absolute atomic E-state index is 12.9. The summed E-state index contributed by atoms with van der Waals surface area (Å²) in [5.74, 6) is 1.61. The topological polar surface area (TPSA) is 44.1 Å². The quantitative estimate of drug-likeness (QED) is 0.323. The van der Waals surface area contributed by atoms with E-state index >= 15 is 0 Å². The first-order chi connectivity index (χ1) is 12.7. The highest BCUT2D eigenvalue weighted by molar-refractivity contribution is 7.98. The molecule has 0 fully saturated rings. The van der Waals surface area contributed by atoms with Crippen LogP contribution < -0.4 is 10.3 Å². The molecule has 0 saturated heterocycles. The first kappa shape index (κ1) is 18.5. The molecule has 0 aliphatic rings. The number of hydrogen-bond donors (Lipinski definition) is 0. The highest BCUT2D eigenvalue weighted by Crippen LogP contribution is 2.23. The van der Waals surface area contributed by atoms with Crippen LogP contribution in [0.3, 0.4) is 0 Å². The molecule has 3 aromatic rings. The average Bonchev–Trinajstić information content (AvgIpc) is 2.69. The molecule has 26 heavy (non-hydrogen) atoms. The summed E-state index contributed by atoms with van der Waals surface area (Å²) in [5, 5.41) is 1.48. The summed E-state index contributed by atoms with van der Waals surface area (Å²) >= 11 is 1.61. The molecule has 136 valence electrons. The number of aromatic nitrogens is 2. The Hall–Kier alpha value is -2.27. The van der Waals surface area contributed by atoms with Gasteiger partial charge >= 0.3 is 0 Å². The lowest BCUT2D eigenvalue weighted by Crippen LogP contribution is -2.23. The zero-order valence-electron chi connectivity index (χ0n) is 15.3. The molecule has 0 aliphatic carbocycles. The SMILES string of the molecule is CCCCCn1c(SCc2ccc(OC)cc2)nc2ccccc2c1=O. The number of rotatable bonds is 8. The van der Waals surface area contributed by atoms with Crippen LogP contribution in [-0.4, -0.2) is 16.7 Å². The van der Waals surface area contributed by atoms with Crippen LogP contribution in [0.2, 0.25) is 0 Å². The number of thioether (sulfide) groups is 1. The fourth-order valence-corrected chi connectivity index (χ4v) is 3.83. The van der Waals surface area contributed by atoms with Gasteiger partial charge in [0, 0.05) is 12.3 Å². The second-order valence-corrected chi connectivity index (χ2v) is 7.15. The minimum absolute atomic E-state index is 0.0592. The summed E-state index contributed by atoms with van der Waals surface area (Å²) in [6, 6.07) is 15.6. The van der Waals surface area contributed by atoms with Crippen LogP contribution in [0.5, 0.6) is 5.75 Å². The molecular weight excluding hydrogens is 344 g/mol. The summed E-state index contributed by atoms with van der Waals surface area (Å²) in [6.45, 7) is 2.89. The fraction of sp³-hybridized carbons (Fsp3) is 0.333. The van der Waals surface area contributed by atoms with E-state index in [1.54, 1.807) is 18.9 Å². The minimum atomic E-state index is 0.0592. The molecule has 1 aromatic heterocycles. The molecule has 5 heteroatoms. The van der Waals surface area contributed by atoms with Crippen molar-refractivity contribution in [2.75, 3.05) is 7.11 Å². The zero-order chi connectivity index (χ0) is 18.4. The summed E-state index contributed by atoms with van der Waals surface area (Å²) in [6.07, 6.45) is 3.23. The fourth-order valence-electron chi connectivity index (χ4n) is 2.84. The lowest BCUT2D eigenvalue weighted by atomic mass is 10.2. The van der Waals surface area contributed by atoms with E-state index in [-0.39, 0.29) is 5.56 Å². The Morgan fingerprint density at radius 2 is 1.85 bits per heavy atom. The Balaban J connectivity index is 1.88. The van der Waals surface area contributed by atoms with Crippen LogP contribution in [0.1, 0.15) is 31.7 Å². The molecule has 2 aromatic carbocycles. The molecule has 3 rings (SSSR count). The van der Waals surface area contributed by atoms with E-state index in [1.165, 1.54) is 5.56 Å². The van der Waals surface area contributed by atoms with Crippen molar-refractivity contribution in [3.05, 3.63) is 64.4 Å². The van der Waals surface area contributed by atoms with E-state index in [2.05, 4.69) is 6.92 Å². The summed E-state index contributed by atoms with van der Waals surface area (Å²) < 4.78 is 7.04. The van der Waals surface area contributed by atoms with Crippen molar-refractivity contribution < 1.29 is 4.74 Å². The number of hydrogen-bond acceptors (Lipinski definition) is 4. The van der Waals surface area contributed by atoms with Crippen LogP contribution >= 0.6 is 11.8 Å². The third-order valence-corrected chi connectivity index (χ3v) is 5.39. The predicted molar refractivity (Wildman–Crippen MR) is 108 cm³/mol. The predicted octanol–water partition coefficient (Wildman–Crippen LogP) is 4.89. The van der Waals surface area contributed by atoms with Crippen molar-refractivity contribution in [3.63, 3.8) is 0 Å². The van der Waals surface area contributed by atoms with E-state index in [0.717, 1.165) is 48.0 Å². The van der Waals surface area contributed by atoms with E-state index < -0.39 is 0 Å². The number of ether oxygens (including phenoxy) is 1. The smallest absolute Gasteiger partial charge is 0.262 e. The highest BCUT2D eigenvalue weighted by Gasteiger charge is 2.11. The number of benzene rings is 2. The van der Waals surface area contributed by atoms with Gasteiger partial charge in [-0.05, 0) is 36.2 Å². The third-order valence-electron chi connectivity index (χ3n) is 4.34. The van der Waals surface area contributed by atoms with Gasteiger partial charge in [-0.15, -0.1) is 0 Å². The highest BCUT2D eigenvalue weighted by atomic mass is 32.2.